The van der Waals surface area contributed by atoms with E-state index in [-0.39, 0.29) is 5.82 Å². The van der Waals surface area contributed by atoms with E-state index in [0.29, 0.717) is 5.75 Å². The molecule has 0 atom stereocenters. The topological polar surface area (TPSA) is 37.8 Å². The van der Waals surface area contributed by atoms with Crippen LogP contribution in [0, 0.1) is 9.39 Å². The van der Waals surface area contributed by atoms with Gasteiger partial charge in [-0.3, -0.25) is 0 Å². The van der Waals surface area contributed by atoms with Crippen molar-refractivity contribution < 1.29 is 4.39 Å². The van der Waals surface area contributed by atoms with Gasteiger partial charge in [0.1, 0.15) is 17.5 Å². The van der Waals surface area contributed by atoms with Gasteiger partial charge in [-0.05, 0) is 53.3 Å². The lowest BCUT2D eigenvalue weighted by Crippen LogP contribution is -2.06. The Morgan fingerprint density at radius 1 is 1.25 bits per heavy atom. The Morgan fingerprint density at radius 3 is 2.55 bits per heavy atom. The van der Waals surface area contributed by atoms with Gasteiger partial charge < -0.3 is 5.32 Å². The van der Waals surface area contributed by atoms with Crippen LogP contribution in [0.3, 0.4) is 0 Å². The van der Waals surface area contributed by atoms with E-state index >= 15 is 0 Å². The van der Waals surface area contributed by atoms with Crippen LogP contribution in [0.4, 0.5) is 10.2 Å². The van der Waals surface area contributed by atoms with E-state index in [2.05, 4.69) is 44.8 Å². The highest BCUT2D eigenvalue weighted by molar-refractivity contribution is 14.1. The second-order valence-electron chi connectivity index (χ2n) is 4.10. The van der Waals surface area contributed by atoms with Gasteiger partial charge in [-0.15, -0.1) is 11.8 Å². The Hall–Kier alpha value is -0.890. The molecule has 2 rings (SSSR count). The van der Waals surface area contributed by atoms with Gasteiger partial charge in [-0.25, -0.2) is 14.4 Å². The number of hydrogen-bond donors (Lipinski definition) is 1. The van der Waals surface area contributed by atoms with E-state index in [1.54, 1.807) is 23.9 Å². The van der Waals surface area contributed by atoms with Gasteiger partial charge in [0.25, 0.3) is 0 Å². The van der Waals surface area contributed by atoms with E-state index in [1.165, 1.54) is 12.1 Å². The fraction of sp³-hybridized carbons (Fsp3) is 0.286. The molecule has 0 fully saturated rings. The van der Waals surface area contributed by atoms with E-state index in [0.717, 1.165) is 32.2 Å². The third-order valence-electron chi connectivity index (χ3n) is 2.72. The highest BCUT2D eigenvalue weighted by Crippen LogP contribution is 2.24. The van der Waals surface area contributed by atoms with Crippen molar-refractivity contribution in [2.24, 2.45) is 0 Å². The molecule has 20 heavy (non-hydrogen) atoms. The van der Waals surface area contributed by atoms with E-state index in [1.807, 2.05) is 7.05 Å². The van der Waals surface area contributed by atoms with Gasteiger partial charge in [0.05, 0.1) is 15.0 Å². The minimum absolute atomic E-state index is 0.217. The lowest BCUT2D eigenvalue weighted by molar-refractivity contribution is 0.626. The number of halogens is 2. The summed E-state index contributed by atoms with van der Waals surface area (Å²) < 4.78 is 13.9. The van der Waals surface area contributed by atoms with Crippen LogP contribution < -0.4 is 5.32 Å². The SMILES string of the molecule is CCc1nc(CSc2ccc(F)cc2)nc(NC)c1I. The quantitative estimate of drug-likeness (QED) is 0.602. The number of aryl methyl sites for hydroxylation is 1. The maximum Gasteiger partial charge on any atom is 0.143 e. The number of nitrogens with zero attached hydrogens (tertiary/aromatic N) is 2. The maximum atomic E-state index is 12.8. The standard InChI is InChI=1S/C14H15FIN3S/c1-3-11-13(16)14(17-2)19-12(18-11)8-20-10-6-4-9(15)5-7-10/h4-7H,3,8H2,1-2H3,(H,17,18,19). The van der Waals surface area contributed by atoms with Crippen molar-refractivity contribution in [1.82, 2.24) is 9.97 Å². The molecular formula is C14H15FIN3S. The summed E-state index contributed by atoms with van der Waals surface area (Å²) in [6.07, 6.45) is 0.879. The van der Waals surface area contributed by atoms with Gasteiger partial charge in [-0.2, -0.15) is 0 Å². The minimum Gasteiger partial charge on any atom is -0.372 e. The third kappa shape index (κ3) is 3.82. The van der Waals surface area contributed by atoms with Gasteiger partial charge in [-0.1, -0.05) is 6.92 Å². The predicted molar refractivity (Wildman–Crippen MR) is 89.6 cm³/mol. The Balaban J connectivity index is 2.14. The van der Waals surface area contributed by atoms with Crippen LogP contribution in [0.1, 0.15) is 18.4 Å². The molecule has 0 saturated carbocycles. The first-order valence-corrected chi connectivity index (χ1v) is 8.32. The number of nitrogens with one attached hydrogen (secondary N) is 1. The molecule has 1 heterocycles. The van der Waals surface area contributed by atoms with Crippen molar-refractivity contribution in [2.45, 2.75) is 24.0 Å². The predicted octanol–water partition coefficient (Wildman–Crippen LogP) is 4.12. The van der Waals surface area contributed by atoms with Crippen LogP contribution in [0.5, 0.6) is 0 Å². The van der Waals surface area contributed by atoms with Crippen molar-refractivity contribution >= 4 is 40.2 Å². The molecule has 0 aliphatic carbocycles. The molecule has 0 spiro atoms. The van der Waals surface area contributed by atoms with E-state index in [9.17, 15) is 4.39 Å². The third-order valence-corrected chi connectivity index (χ3v) is 4.86. The summed E-state index contributed by atoms with van der Waals surface area (Å²) in [5, 5.41) is 3.10. The first-order chi connectivity index (χ1) is 9.63. The number of aromatic nitrogens is 2. The molecule has 3 nitrogen and oxygen atoms in total. The first kappa shape index (κ1) is 15.5. The summed E-state index contributed by atoms with van der Waals surface area (Å²) in [5.41, 5.74) is 1.06. The van der Waals surface area contributed by atoms with Gasteiger partial charge in [0.15, 0.2) is 0 Å². The van der Waals surface area contributed by atoms with Gasteiger partial charge in [0, 0.05) is 11.9 Å². The van der Waals surface area contributed by atoms with Crippen LogP contribution in [0.15, 0.2) is 29.2 Å². The summed E-state index contributed by atoms with van der Waals surface area (Å²) in [5.74, 6) is 2.11. The summed E-state index contributed by atoms with van der Waals surface area (Å²) in [6, 6.07) is 6.47. The van der Waals surface area contributed by atoms with Crippen LogP contribution >= 0.6 is 34.4 Å². The minimum atomic E-state index is -0.217. The highest BCUT2D eigenvalue weighted by atomic mass is 127. The molecule has 106 valence electrons. The van der Waals surface area contributed by atoms with Crippen molar-refractivity contribution in [3.8, 4) is 0 Å². The zero-order valence-corrected chi connectivity index (χ0v) is 14.3. The number of rotatable bonds is 5. The zero-order valence-electron chi connectivity index (χ0n) is 11.3. The molecule has 0 amide bonds. The van der Waals surface area contributed by atoms with E-state index < -0.39 is 0 Å². The Bertz CT molecular complexity index is 564. The first-order valence-electron chi connectivity index (χ1n) is 6.25. The van der Waals surface area contributed by atoms with Crippen LogP contribution in [0.25, 0.3) is 0 Å². The lowest BCUT2D eigenvalue weighted by Gasteiger charge is -2.10. The molecule has 1 N–H and O–H groups in total. The maximum absolute atomic E-state index is 12.8. The summed E-state index contributed by atoms with van der Waals surface area (Å²) in [6.45, 7) is 2.08. The van der Waals surface area contributed by atoms with Crippen molar-refractivity contribution in [2.75, 3.05) is 12.4 Å². The average Bonchev–Trinajstić information content (AvgIpc) is 2.47. The molecule has 1 aromatic heterocycles. The Morgan fingerprint density at radius 2 is 1.95 bits per heavy atom. The fourth-order valence-corrected chi connectivity index (χ4v) is 3.33. The van der Waals surface area contributed by atoms with Crippen LogP contribution in [0.2, 0.25) is 0 Å². The molecule has 1 aromatic carbocycles. The molecule has 0 unspecified atom stereocenters. The molecule has 0 aliphatic heterocycles. The van der Waals surface area contributed by atoms with Gasteiger partial charge in [0.2, 0.25) is 0 Å². The average molecular weight is 403 g/mol. The molecule has 0 aliphatic rings. The molecule has 0 radical (unpaired) electrons. The summed E-state index contributed by atoms with van der Waals surface area (Å²) in [7, 11) is 1.86. The number of benzene rings is 1. The number of anilines is 1. The lowest BCUT2D eigenvalue weighted by atomic mass is 10.3. The molecular weight excluding hydrogens is 388 g/mol. The number of thioether (sulfide) groups is 1. The largest absolute Gasteiger partial charge is 0.372 e. The monoisotopic (exact) mass is 403 g/mol. The fourth-order valence-electron chi connectivity index (χ4n) is 1.69. The normalized spacial score (nSPS) is 10.6. The number of hydrogen-bond acceptors (Lipinski definition) is 4. The summed E-state index contributed by atoms with van der Waals surface area (Å²) >= 11 is 3.87. The van der Waals surface area contributed by atoms with E-state index in [4.69, 9.17) is 0 Å². The van der Waals surface area contributed by atoms with Crippen LogP contribution in [-0.4, -0.2) is 17.0 Å². The smallest absolute Gasteiger partial charge is 0.143 e. The molecule has 0 saturated heterocycles. The second-order valence-corrected chi connectivity index (χ2v) is 6.22. The molecule has 6 heteroatoms. The Labute approximate surface area is 135 Å². The zero-order chi connectivity index (χ0) is 14.5. The highest BCUT2D eigenvalue weighted by Gasteiger charge is 2.10. The van der Waals surface area contributed by atoms with Crippen LogP contribution in [-0.2, 0) is 12.2 Å². The molecule has 2 aromatic rings. The van der Waals surface area contributed by atoms with Crippen molar-refractivity contribution in [3.05, 3.63) is 45.2 Å². The van der Waals surface area contributed by atoms with Gasteiger partial charge >= 0.3 is 0 Å². The van der Waals surface area contributed by atoms with Crippen molar-refractivity contribution in [1.29, 1.82) is 0 Å². The summed E-state index contributed by atoms with van der Waals surface area (Å²) in [4.78, 5) is 10.1. The Kier molecular flexibility index (Phi) is 5.59. The second kappa shape index (κ2) is 7.21. The van der Waals surface area contributed by atoms with Crippen molar-refractivity contribution in [3.63, 3.8) is 0 Å². The molecule has 0 bridgehead atoms.